The lowest BCUT2D eigenvalue weighted by molar-refractivity contribution is -0.130. The van der Waals surface area contributed by atoms with Crippen molar-refractivity contribution in [2.24, 2.45) is 5.92 Å². The van der Waals surface area contributed by atoms with Crippen molar-refractivity contribution in [3.8, 4) is 5.75 Å². The molecule has 4 unspecified atom stereocenters. The molecule has 27 heavy (non-hydrogen) atoms. The number of phenols is 1. The SMILES string of the molecule is CCCN1C(=O)C2NNC(c3cc(C)ccc3O)C2C1c1ccc(C)cc1. The summed E-state index contributed by atoms with van der Waals surface area (Å²) in [6, 6.07) is 13.7. The van der Waals surface area contributed by atoms with E-state index in [0.717, 1.165) is 29.7 Å². The number of benzene rings is 2. The maximum absolute atomic E-state index is 13.1. The molecule has 3 N–H and O–H groups in total. The third kappa shape index (κ3) is 3.01. The number of aromatic hydroxyl groups is 1. The Morgan fingerprint density at radius 3 is 2.37 bits per heavy atom. The summed E-state index contributed by atoms with van der Waals surface area (Å²) < 4.78 is 0. The summed E-state index contributed by atoms with van der Waals surface area (Å²) in [6.07, 6.45) is 0.918. The van der Waals surface area contributed by atoms with E-state index < -0.39 is 0 Å². The molecule has 2 saturated heterocycles. The molecule has 0 bridgehead atoms. The van der Waals surface area contributed by atoms with Crippen LogP contribution in [0.2, 0.25) is 0 Å². The van der Waals surface area contributed by atoms with Crippen LogP contribution in [0.1, 0.15) is 47.7 Å². The van der Waals surface area contributed by atoms with Gasteiger partial charge in [-0.15, -0.1) is 0 Å². The van der Waals surface area contributed by atoms with Gasteiger partial charge in [0.15, 0.2) is 0 Å². The van der Waals surface area contributed by atoms with Crippen molar-refractivity contribution in [3.63, 3.8) is 0 Å². The van der Waals surface area contributed by atoms with E-state index in [0.29, 0.717) is 0 Å². The molecule has 2 aliphatic rings. The van der Waals surface area contributed by atoms with Crippen LogP contribution in [0.5, 0.6) is 5.75 Å². The van der Waals surface area contributed by atoms with E-state index >= 15 is 0 Å². The number of hydrogen-bond donors (Lipinski definition) is 3. The number of carbonyl (C=O) groups is 1. The second kappa shape index (κ2) is 6.98. The minimum absolute atomic E-state index is 0.0134. The summed E-state index contributed by atoms with van der Waals surface area (Å²) in [6.45, 7) is 6.92. The topological polar surface area (TPSA) is 64.6 Å². The predicted octanol–water partition coefficient (Wildman–Crippen LogP) is 3.14. The zero-order chi connectivity index (χ0) is 19.1. The van der Waals surface area contributed by atoms with Crippen LogP contribution in [0.3, 0.4) is 0 Å². The van der Waals surface area contributed by atoms with Gasteiger partial charge in [0.1, 0.15) is 11.8 Å². The fraction of sp³-hybridized carbons (Fsp3) is 0.409. The molecule has 0 saturated carbocycles. The van der Waals surface area contributed by atoms with Crippen LogP contribution in [0.25, 0.3) is 0 Å². The molecule has 0 radical (unpaired) electrons. The Morgan fingerprint density at radius 2 is 1.67 bits per heavy atom. The van der Waals surface area contributed by atoms with Gasteiger partial charge in [0.05, 0.1) is 12.1 Å². The summed E-state index contributed by atoms with van der Waals surface area (Å²) in [4.78, 5) is 15.1. The normalized spacial score (nSPS) is 27.2. The molecule has 2 aliphatic heterocycles. The van der Waals surface area contributed by atoms with Crippen molar-refractivity contribution in [1.29, 1.82) is 0 Å². The van der Waals surface area contributed by atoms with Crippen molar-refractivity contribution in [2.45, 2.75) is 45.3 Å². The van der Waals surface area contributed by atoms with Gasteiger partial charge in [0.2, 0.25) is 5.91 Å². The predicted molar refractivity (Wildman–Crippen MR) is 105 cm³/mol. The Hall–Kier alpha value is -2.37. The van der Waals surface area contributed by atoms with E-state index in [2.05, 4.69) is 49.0 Å². The Bertz CT molecular complexity index is 849. The number of hydrazine groups is 1. The smallest absolute Gasteiger partial charge is 0.242 e. The number of rotatable bonds is 4. The molecule has 5 nitrogen and oxygen atoms in total. The molecule has 5 heteroatoms. The van der Waals surface area contributed by atoms with E-state index in [4.69, 9.17) is 0 Å². The summed E-state index contributed by atoms with van der Waals surface area (Å²) >= 11 is 0. The van der Waals surface area contributed by atoms with Gasteiger partial charge in [-0.3, -0.25) is 4.79 Å². The first-order chi connectivity index (χ1) is 13.0. The van der Waals surface area contributed by atoms with Crippen molar-refractivity contribution in [3.05, 3.63) is 64.7 Å². The number of phenolic OH excluding ortho intramolecular Hbond substituents is 1. The summed E-state index contributed by atoms with van der Waals surface area (Å²) in [5.41, 5.74) is 10.8. The average Bonchev–Trinajstić information content (AvgIpc) is 3.19. The lowest BCUT2D eigenvalue weighted by Gasteiger charge is -2.31. The number of hydrogen-bond acceptors (Lipinski definition) is 4. The largest absolute Gasteiger partial charge is 0.508 e. The van der Waals surface area contributed by atoms with Gasteiger partial charge in [0, 0.05) is 18.0 Å². The van der Waals surface area contributed by atoms with Gasteiger partial charge in [-0.2, -0.15) is 0 Å². The molecule has 4 atom stereocenters. The van der Waals surface area contributed by atoms with Gasteiger partial charge in [-0.05, 0) is 31.9 Å². The standard InChI is InChI=1S/C22H27N3O2/c1-4-11-25-21(15-8-5-13(2)6-9-15)18-19(23-24-20(18)22(25)27)16-12-14(3)7-10-17(16)26/h5-10,12,18-21,23-24,26H,4,11H2,1-3H3. The molecule has 0 spiro atoms. The second-order valence-electron chi connectivity index (χ2n) is 7.77. The van der Waals surface area contributed by atoms with Gasteiger partial charge >= 0.3 is 0 Å². The van der Waals surface area contributed by atoms with Crippen LogP contribution >= 0.6 is 0 Å². The van der Waals surface area contributed by atoms with Gasteiger partial charge in [-0.25, -0.2) is 10.9 Å². The molecule has 2 fully saturated rings. The number of aryl methyl sites for hydroxylation is 2. The van der Waals surface area contributed by atoms with Crippen LogP contribution < -0.4 is 10.9 Å². The van der Waals surface area contributed by atoms with Gasteiger partial charge in [0.25, 0.3) is 0 Å². The zero-order valence-electron chi connectivity index (χ0n) is 16.1. The highest BCUT2D eigenvalue weighted by Crippen LogP contribution is 2.48. The maximum atomic E-state index is 13.1. The highest BCUT2D eigenvalue weighted by Gasteiger charge is 2.55. The fourth-order valence-electron chi connectivity index (χ4n) is 4.54. The number of likely N-dealkylation sites (tertiary alicyclic amines) is 1. The van der Waals surface area contributed by atoms with Gasteiger partial charge in [-0.1, -0.05) is 54.4 Å². The lowest BCUT2D eigenvalue weighted by atomic mass is 9.82. The van der Waals surface area contributed by atoms with E-state index in [-0.39, 0.29) is 35.7 Å². The van der Waals surface area contributed by atoms with E-state index in [1.54, 1.807) is 6.07 Å². The molecule has 2 heterocycles. The number of nitrogens with one attached hydrogen (secondary N) is 2. The first-order valence-electron chi connectivity index (χ1n) is 9.69. The number of fused-ring (bicyclic) bond motifs is 1. The fourth-order valence-corrected chi connectivity index (χ4v) is 4.54. The molecule has 2 aromatic carbocycles. The summed E-state index contributed by atoms with van der Waals surface area (Å²) in [5.74, 6) is 0.415. The van der Waals surface area contributed by atoms with Crippen molar-refractivity contribution >= 4 is 5.91 Å². The van der Waals surface area contributed by atoms with E-state index in [1.165, 1.54) is 5.56 Å². The number of nitrogens with zero attached hydrogens (tertiary/aromatic N) is 1. The molecule has 1 amide bonds. The average molecular weight is 365 g/mol. The first-order valence-corrected chi connectivity index (χ1v) is 9.69. The third-order valence-electron chi connectivity index (χ3n) is 5.82. The quantitative estimate of drug-likeness (QED) is 0.779. The highest BCUT2D eigenvalue weighted by molar-refractivity contribution is 5.86. The molecular weight excluding hydrogens is 338 g/mol. The van der Waals surface area contributed by atoms with Crippen molar-refractivity contribution in [2.75, 3.05) is 6.54 Å². The lowest BCUT2D eigenvalue weighted by Crippen LogP contribution is -2.41. The monoisotopic (exact) mass is 365 g/mol. The minimum Gasteiger partial charge on any atom is -0.508 e. The number of amides is 1. The zero-order valence-corrected chi connectivity index (χ0v) is 16.1. The Morgan fingerprint density at radius 1 is 1.00 bits per heavy atom. The molecular formula is C22H27N3O2. The molecule has 0 aromatic heterocycles. The highest BCUT2D eigenvalue weighted by atomic mass is 16.3. The van der Waals surface area contributed by atoms with Crippen LogP contribution in [-0.2, 0) is 4.79 Å². The van der Waals surface area contributed by atoms with E-state index in [1.807, 2.05) is 24.0 Å². The molecule has 2 aromatic rings. The third-order valence-corrected chi connectivity index (χ3v) is 5.82. The number of carbonyl (C=O) groups excluding carboxylic acids is 1. The van der Waals surface area contributed by atoms with E-state index in [9.17, 15) is 9.90 Å². The van der Waals surface area contributed by atoms with Crippen LogP contribution in [-0.4, -0.2) is 28.5 Å². The second-order valence-corrected chi connectivity index (χ2v) is 7.77. The molecule has 4 rings (SSSR count). The molecule has 142 valence electrons. The summed E-state index contributed by atoms with van der Waals surface area (Å²) in [5, 5.41) is 10.5. The van der Waals surface area contributed by atoms with Crippen LogP contribution in [0.4, 0.5) is 0 Å². The van der Waals surface area contributed by atoms with Gasteiger partial charge < -0.3 is 10.0 Å². The van der Waals surface area contributed by atoms with Crippen LogP contribution in [0, 0.1) is 19.8 Å². The van der Waals surface area contributed by atoms with Crippen LogP contribution in [0.15, 0.2) is 42.5 Å². The Kier molecular flexibility index (Phi) is 4.66. The maximum Gasteiger partial charge on any atom is 0.242 e. The Balaban J connectivity index is 1.79. The van der Waals surface area contributed by atoms with Crippen molar-refractivity contribution < 1.29 is 9.90 Å². The Labute approximate surface area is 160 Å². The molecule has 0 aliphatic carbocycles. The first kappa shape index (κ1) is 18.0. The summed E-state index contributed by atoms with van der Waals surface area (Å²) in [7, 11) is 0. The minimum atomic E-state index is -0.284. The van der Waals surface area contributed by atoms with Crippen molar-refractivity contribution in [1.82, 2.24) is 15.8 Å².